The predicted molar refractivity (Wildman–Crippen MR) is 167 cm³/mol. The number of morpholine rings is 1. The van der Waals surface area contributed by atoms with E-state index >= 15 is 0 Å². The molecule has 0 amide bonds. The van der Waals surface area contributed by atoms with Crippen LogP contribution in [0.2, 0.25) is 0 Å². The van der Waals surface area contributed by atoms with E-state index in [4.69, 9.17) is 10.5 Å². The van der Waals surface area contributed by atoms with Crippen LogP contribution in [0.25, 0.3) is 21.1 Å². The van der Waals surface area contributed by atoms with Crippen LogP contribution in [-0.2, 0) is 24.2 Å². The number of hydrogen-bond acceptors (Lipinski definition) is 9. The first-order valence-electron chi connectivity index (χ1n) is 15.0. The third kappa shape index (κ3) is 6.63. The summed E-state index contributed by atoms with van der Waals surface area (Å²) < 4.78 is 46.6. The molecule has 0 spiro atoms. The maximum Gasteiger partial charge on any atom is 0.393 e. The average molecular weight is 627 g/mol. The molecular weight excluding hydrogens is 589 g/mol. The molecule has 0 unspecified atom stereocenters. The van der Waals surface area contributed by atoms with Crippen LogP contribution in [0, 0.1) is 18.3 Å². The van der Waals surface area contributed by atoms with Crippen molar-refractivity contribution in [2.75, 3.05) is 50.4 Å². The molecule has 9 nitrogen and oxygen atoms in total. The van der Waals surface area contributed by atoms with Crippen LogP contribution in [0.5, 0.6) is 0 Å². The van der Waals surface area contributed by atoms with Crippen molar-refractivity contribution in [3.8, 4) is 6.07 Å². The van der Waals surface area contributed by atoms with Gasteiger partial charge in [0.2, 0.25) is 5.95 Å². The van der Waals surface area contributed by atoms with Gasteiger partial charge in [-0.2, -0.15) is 23.4 Å². The number of nitrogen functional groups attached to an aromatic ring is 1. The average Bonchev–Trinajstić information content (AvgIpc) is 3.55. The van der Waals surface area contributed by atoms with E-state index in [0.29, 0.717) is 27.8 Å². The molecule has 6 rings (SSSR count). The molecule has 3 N–H and O–H groups in total. The smallest absolute Gasteiger partial charge is 0.379 e. The summed E-state index contributed by atoms with van der Waals surface area (Å²) in [5.41, 5.74) is 10.1. The van der Waals surface area contributed by atoms with Gasteiger partial charge in [0, 0.05) is 67.1 Å². The van der Waals surface area contributed by atoms with Crippen molar-refractivity contribution in [2.45, 2.75) is 64.5 Å². The zero-order valence-electron chi connectivity index (χ0n) is 25.0. The quantitative estimate of drug-likeness (QED) is 0.271. The molecule has 5 heterocycles. The second-order valence-corrected chi connectivity index (χ2v) is 13.0. The van der Waals surface area contributed by atoms with E-state index in [1.165, 1.54) is 17.2 Å². The Balaban J connectivity index is 1.11. The highest BCUT2D eigenvalue weighted by Crippen LogP contribution is 2.34. The van der Waals surface area contributed by atoms with Gasteiger partial charge >= 0.3 is 6.18 Å². The number of thiophene rings is 1. The topological polar surface area (TPSA) is 108 Å². The van der Waals surface area contributed by atoms with Gasteiger partial charge < -0.3 is 20.4 Å². The van der Waals surface area contributed by atoms with Crippen LogP contribution in [-0.4, -0.2) is 82.0 Å². The molecule has 3 aromatic heterocycles. The van der Waals surface area contributed by atoms with E-state index in [-0.39, 0.29) is 16.9 Å². The van der Waals surface area contributed by atoms with Crippen LogP contribution in [0.1, 0.15) is 41.5 Å². The van der Waals surface area contributed by atoms with E-state index in [1.807, 2.05) is 6.07 Å². The number of aromatic nitrogens is 3. The molecule has 0 aliphatic carbocycles. The van der Waals surface area contributed by atoms with Crippen molar-refractivity contribution < 1.29 is 17.9 Å². The molecule has 234 valence electrons. The SMILES string of the molecule is Cc1c(CN2CCC(Nc3nc(N)nc4sc(CC(F)(F)F)cc34)CC2)ccc2c1cc(C#N)n2C[C@H](C)N1CCOCC1. The highest BCUT2D eigenvalue weighted by molar-refractivity contribution is 7.18. The second kappa shape index (κ2) is 12.5. The number of nitrogens with one attached hydrogen (secondary N) is 1. The van der Waals surface area contributed by atoms with E-state index in [0.717, 1.165) is 87.6 Å². The third-order valence-electron chi connectivity index (χ3n) is 8.86. The molecule has 2 fully saturated rings. The van der Waals surface area contributed by atoms with Crippen molar-refractivity contribution in [1.82, 2.24) is 24.3 Å². The molecule has 13 heteroatoms. The number of rotatable bonds is 8. The number of halogens is 3. The van der Waals surface area contributed by atoms with Crippen LogP contribution < -0.4 is 11.1 Å². The maximum absolute atomic E-state index is 13.0. The third-order valence-corrected chi connectivity index (χ3v) is 9.88. The van der Waals surface area contributed by atoms with Gasteiger partial charge in [0.15, 0.2) is 0 Å². The van der Waals surface area contributed by atoms with E-state index in [2.05, 4.69) is 61.7 Å². The molecule has 0 saturated carbocycles. The van der Waals surface area contributed by atoms with Gasteiger partial charge in [0.25, 0.3) is 0 Å². The van der Waals surface area contributed by atoms with Crippen molar-refractivity contribution in [2.24, 2.45) is 0 Å². The summed E-state index contributed by atoms with van der Waals surface area (Å²) in [7, 11) is 0. The molecule has 1 aromatic carbocycles. The molecule has 2 aliphatic heterocycles. The summed E-state index contributed by atoms with van der Waals surface area (Å²) in [5, 5.41) is 15.1. The van der Waals surface area contributed by atoms with Gasteiger partial charge in [-0.15, -0.1) is 11.3 Å². The minimum Gasteiger partial charge on any atom is -0.379 e. The van der Waals surface area contributed by atoms with Crippen molar-refractivity contribution in [3.63, 3.8) is 0 Å². The lowest BCUT2D eigenvalue weighted by Crippen LogP contribution is -2.44. The number of nitriles is 1. The Hall–Kier alpha value is -3.44. The van der Waals surface area contributed by atoms with Crippen LogP contribution in [0.4, 0.5) is 24.9 Å². The molecule has 2 aliphatic rings. The number of fused-ring (bicyclic) bond motifs is 2. The number of nitrogens with zero attached hydrogens (tertiary/aromatic N) is 6. The number of hydrogen-bond donors (Lipinski definition) is 2. The summed E-state index contributed by atoms with van der Waals surface area (Å²) in [6, 6.07) is 10.7. The Kier molecular flexibility index (Phi) is 8.70. The van der Waals surface area contributed by atoms with E-state index in [1.54, 1.807) is 0 Å². The Bertz CT molecular complexity index is 1680. The van der Waals surface area contributed by atoms with Gasteiger partial charge in [-0.1, -0.05) is 6.07 Å². The second-order valence-electron chi connectivity index (χ2n) is 11.9. The lowest BCUT2D eigenvalue weighted by atomic mass is 10.0. The number of piperidine rings is 1. The number of alkyl halides is 3. The molecule has 4 aromatic rings. The summed E-state index contributed by atoms with van der Waals surface area (Å²) in [6.07, 6.45) is -3.55. The molecule has 2 saturated heterocycles. The minimum atomic E-state index is -4.28. The van der Waals surface area contributed by atoms with Crippen LogP contribution in [0.3, 0.4) is 0 Å². The Morgan fingerprint density at radius 1 is 1.14 bits per heavy atom. The van der Waals surface area contributed by atoms with Gasteiger partial charge in [-0.05, 0) is 56.0 Å². The summed E-state index contributed by atoms with van der Waals surface area (Å²) >= 11 is 1.01. The lowest BCUT2D eigenvalue weighted by molar-refractivity contribution is -0.126. The number of nitrogens with two attached hydrogens (primary N) is 1. The molecule has 44 heavy (non-hydrogen) atoms. The molecule has 0 radical (unpaired) electrons. The van der Waals surface area contributed by atoms with Crippen molar-refractivity contribution >= 4 is 44.2 Å². The highest BCUT2D eigenvalue weighted by atomic mass is 32.1. The van der Waals surface area contributed by atoms with Crippen LogP contribution >= 0.6 is 11.3 Å². The summed E-state index contributed by atoms with van der Waals surface area (Å²) in [5.74, 6) is 0.547. The monoisotopic (exact) mass is 626 g/mol. The number of benzene rings is 1. The number of anilines is 2. The summed E-state index contributed by atoms with van der Waals surface area (Å²) in [4.78, 5) is 14.0. The first-order chi connectivity index (χ1) is 21.1. The standard InChI is InChI=1S/C31H37F3N8OS/c1-19(41-9-11-43-12-10-41)17-42-23(16-35)13-25-20(2)21(3-4-27(25)42)18-40-7-5-22(6-8-40)37-28-26-14-24(15-31(32,33)34)44-29(26)39-30(36)38-28/h3-4,13-14,19,22H,5-12,15,17-18H2,1-2H3,(H3,36,37,38,39)/t19-/m0/s1. The Morgan fingerprint density at radius 3 is 2.59 bits per heavy atom. The summed E-state index contributed by atoms with van der Waals surface area (Å²) in [6.45, 7) is 11.0. The van der Waals surface area contributed by atoms with Crippen molar-refractivity contribution in [3.05, 3.63) is 46.0 Å². The van der Waals surface area contributed by atoms with Gasteiger partial charge in [-0.3, -0.25) is 9.80 Å². The van der Waals surface area contributed by atoms with Crippen LogP contribution in [0.15, 0.2) is 24.3 Å². The number of aryl methyl sites for hydroxylation is 1. The normalized spacial score (nSPS) is 18.2. The zero-order chi connectivity index (χ0) is 31.0. The minimum absolute atomic E-state index is 0.0488. The first-order valence-corrected chi connectivity index (χ1v) is 15.8. The molecule has 1 atom stereocenters. The first kappa shape index (κ1) is 30.6. The zero-order valence-corrected chi connectivity index (χ0v) is 25.8. The van der Waals surface area contributed by atoms with Gasteiger partial charge in [0.05, 0.1) is 25.0 Å². The Morgan fingerprint density at radius 2 is 1.89 bits per heavy atom. The number of likely N-dealkylation sites (tertiary alicyclic amines) is 1. The fraction of sp³-hybridized carbons (Fsp3) is 0.516. The fourth-order valence-electron chi connectivity index (χ4n) is 6.43. The molecular formula is C31H37F3N8OS. The number of ether oxygens (including phenoxy) is 1. The lowest BCUT2D eigenvalue weighted by Gasteiger charge is -2.33. The van der Waals surface area contributed by atoms with E-state index < -0.39 is 12.6 Å². The predicted octanol–water partition coefficient (Wildman–Crippen LogP) is 5.31. The Labute approximate surface area is 258 Å². The van der Waals surface area contributed by atoms with Gasteiger partial charge in [-0.25, -0.2) is 4.98 Å². The molecule has 0 bridgehead atoms. The largest absolute Gasteiger partial charge is 0.393 e. The fourth-order valence-corrected chi connectivity index (χ4v) is 7.50. The van der Waals surface area contributed by atoms with E-state index in [9.17, 15) is 18.4 Å². The van der Waals surface area contributed by atoms with Gasteiger partial charge in [0.1, 0.15) is 22.4 Å². The van der Waals surface area contributed by atoms with Crippen molar-refractivity contribution in [1.29, 1.82) is 5.26 Å². The highest BCUT2D eigenvalue weighted by Gasteiger charge is 2.30. The maximum atomic E-state index is 13.0.